The molecule has 13 heavy (non-hydrogen) atoms. The molecule has 0 atom stereocenters. The minimum absolute atomic E-state index is 0.322. The van der Waals surface area contributed by atoms with Gasteiger partial charge in [0.2, 0.25) is 0 Å². The van der Waals surface area contributed by atoms with Crippen molar-refractivity contribution in [2.75, 3.05) is 13.4 Å². The third kappa shape index (κ3) is 2.91. The van der Waals surface area contributed by atoms with Gasteiger partial charge in [-0.1, -0.05) is 6.07 Å². The van der Waals surface area contributed by atoms with Crippen molar-refractivity contribution in [2.45, 2.75) is 11.4 Å². The fraction of sp³-hybridized carbons (Fsp3) is 0.333. The highest BCUT2D eigenvalue weighted by molar-refractivity contribution is 7.98. The van der Waals surface area contributed by atoms with Crippen LogP contribution in [-0.4, -0.2) is 18.5 Å². The summed E-state index contributed by atoms with van der Waals surface area (Å²) in [5.41, 5.74) is 3.71. The van der Waals surface area contributed by atoms with Crippen LogP contribution in [0.2, 0.25) is 0 Å². The molecule has 2 N–H and O–H groups in total. The van der Waals surface area contributed by atoms with Gasteiger partial charge in [-0.3, -0.25) is 0 Å². The molecule has 4 heteroatoms. The lowest BCUT2D eigenvalue weighted by Crippen LogP contribution is -2.10. The summed E-state index contributed by atoms with van der Waals surface area (Å²) >= 11 is 1.53. The predicted octanol–water partition coefficient (Wildman–Crippen LogP) is 1.77. The third-order valence-electron chi connectivity index (χ3n) is 1.66. The molecule has 0 fully saturated rings. The van der Waals surface area contributed by atoms with Crippen LogP contribution in [0.4, 0.5) is 0 Å². The summed E-state index contributed by atoms with van der Waals surface area (Å²) in [7, 11) is 1.57. The second kappa shape index (κ2) is 5.11. The van der Waals surface area contributed by atoms with Crippen LogP contribution in [0.25, 0.3) is 0 Å². The zero-order chi connectivity index (χ0) is 9.68. The molecule has 1 aromatic rings. The molecule has 0 spiro atoms. The van der Waals surface area contributed by atoms with Crippen LogP contribution in [0.1, 0.15) is 5.56 Å². The molecule has 3 nitrogen and oxygen atoms in total. The van der Waals surface area contributed by atoms with Gasteiger partial charge in [-0.2, -0.15) is 5.48 Å². The minimum Gasteiger partial charge on any atom is -0.507 e. The van der Waals surface area contributed by atoms with Crippen LogP contribution in [0.3, 0.4) is 0 Å². The van der Waals surface area contributed by atoms with E-state index >= 15 is 0 Å². The van der Waals surface area contributed by atoms with Gasteiger partial charge in [0.15, 0.2) is 0 Å². The van der Waals surface area contributed by atoms with E-state index in [0.717, 1.165) is 10.5 Å². The molecule has 0 amide bonds. The summed E-state index contributed by atoms with van der Waals surface area (Å²) in [5.74, 6) is 0.322. The van der Waals surface area contributed by atoms with Crippen molar-refractivity contribution in [1.82, 2.24) is 5.48 Å². The van der Waals surface area contributed by atoms with Gasteiger partial charge in [-0.05, 0) is 24.0 Å². The van der Waals surface area contributed by atoms with E-state index in [9.17, 15) is 5.11 Å². The molecule has 0 saturated heterocycles. The molecule has 0 unspecified atom stereocenters. The Balaban J connectivity index is 2.71. The first-order valence-electron chi connectivity index (χ1n) is 3.89. The highest BCUT2D eigenvalue weighted by atomic mass is 32.2. The average molecular weight is 199 g/mol. The Kier molecular flexibility index (Phi) is 4.08. The number of aromatic hydroxyl groups is 1. The van der Waals surface area contributed by atoms with Gasteiger partial charge in [0.1, 0.15) is 5.75 Å². The van der Waals surface area contributed by atoms with Gasteiger partial charge in [-0.25, -0.2) is 0 Å². The molecule has 0 aliphatic heterocycles. The lowest BCUT2D eigenvalue weighted by atomic mass is 10.2. The number of thioether (sulfide) groups is 1. The van der Waals surface area contributed by atoms with Gasteiger partial charge in [-0.15, -0.1) is 11.8 Å². The molecule has 0 aliphatic carbocycles. The van der Waals surface area contributed by atoms with Crippen LogP contribution in [0, 0.1) is 0 Å². The number of hydrogen-bond acceptors (Lipinski definition) is 4. The molecular weight excluding hydrogens is 186 g/mol. The van der Waals surface area contributed by atoms with Crippen molar-refractivity contribution in [3.8, 4) is 5.75 Å². The molecule has 0 aliphatic rings. The maximum absolute atomic E-state index is 9.50. The van der Waals surface area contributed by atoms with Crippen LogP contribution >= 0.6 is 11.8 Å². The second-order valence-electron chi connectivity index (χ2n) is 2.53. The standard InChI is InChI=1S/C9H13NO2S/c1-12-10-6-7-3-4-9(13-2)8(11)5-7/h3-5,10-11H,6H2,1-2H3. The zero-order valence-corrected chi connectivity index (χ0v) is 8.52. The first-order chi connectivity index (χ1) is 6.27. The van der Waals surface area contributed by atoms with E-state index < -0.39 is 0 Å². The Labute approximate surface area is 82.1 Å². The Bertz CT molecular complexity index is 278. The number of nitrogens with one attached hydrogen (secondary N) is 1. The number of phenolic OH excluding ortho intramolecular Hbond substituents is 1. The van der Waals surface area contributed by atoms with Gasteiger partial charge in [0.25, 0.3) is 0 Å². The van der Waals surface area contributed by atoms with Crippen molar-refractivity contribution >= 4 is 11.8 Å². The molecule has 0 saturated carbocycles. The van der Waals surface area contributed by atoms with E-state index in [1.165, 1.54) is 11.8 Å². The molecule has 0 heterocycles. The van der Waals surface area contributed by atoms with Gasteiger partial charge < -0.3 is 9.94 Å². The lowest BCUT2D eigenvalue weighted by molar-refractivity contribution is 0.0866. The quantitative estimate of drug-likeness (QED) is 0.573. The maximum Gasteiger partial charge on any atom is 0.129 e. The number of phenols is 1. The van der Waals surface area contributed by atoms with E-state index in [0.29, 0.717) is 12.3 Å². The highest BCUT2D eigenvalue weighted by Gasteiger charge is 2.00. The smallest absolute Gasteiger partial charge is 0.129 e. The molecular formula is C9H13NO2S. The molecule has 0 radical (unpaired) electrons. The largest absolute Gasteiger partial charge is 0.507 e. The number of benzene rings is 1. The van der Waals surface area contributed by atoms with E-state index in [-0.39, 0.29) is 0 Å². The molecule has 1 aromatic carbocycles. The van der Waals surface area contributed by atoms with Crippen molar-refractivity contribution in [3.05, 3.63) is 23.8 Å². The topological polar surface area (TPSA) is 41.5 Å². The number of hydroxylamine groups is 1. The van der Waals surface area contributed by atoms with E-state index in [2.05, 4.69) is 5.48 Å². The van der Waals surface area contributed by atoms with Crippen LogP contribution in [0.15, 0.2) is 23.1 Å². The van der Waals surface area contributed by atoms with Crippen molar-refractivity contribution in [2.24, 2.45) is 0 Å². The zero-order valence-electron chi connectivity index (χ0n) is 7.70. The average Bonchev–Trinajstić information content (AvgIpc) is 2.15. The van der Waals surface area contributed by atoms with Gasteiger partial charge in [0.05, 0.1) is 7.11 Å². The Morgan fingerprint density at radius 3 is 2.85 bits per heavy atom. The fourth-order valence-electron chi connectivity index (χ4n) is 1.00. The van der Waals surface area contributed by atoms with Crippen LogP contribution < -0.4 is 5.48 Å². The molecule has 0 aromatic heterocycles. The summed E-state index contributed by atoms with van der Waals surface area (Å²) < 4.78 is 0. The minimum atomic E-state index is 0.322. The third-order valence-corrected chi connectivity index (χ3v) is 2.45. The van der Waals surface area contributed by atoms with Crippen LogP contribution in [-0.2, 0) is 11.4 Å². The lowest BCUT2D eigenvalue weighted by Gasteiger charge is -2.05. The molecule has 0 bridgehead atoms. The van der Waals surface area contributed by atoms with Crippen molar-refractivity contribution < 1.29 is 9.94 Å². The first-order valence-corrected chi connectivity index (χ1v) is 5.12. The fourth-order valence-corrected chi connectivity index (χ4v) is 1.47. The number of hydrogen-bond donors (Lipinski definition) is 2. The summed E-state index contributed by atoms with van der Waals surface area (Å²) in [6.07, 6.45) is 1.93. The Hall–Kier alpha value is -0.710. The van der Waals surface area contributed by atoms with E-state index in [1.807, 2.05) is 18.4 Å². The summed E-state index contributed by atoms with van der Waals surface area (Å²) in [6, 6.07) is 5.59. The molecule has 72 valence electrons. The van der Waals surface area contributed by atoms with Crippen LogP contribution in [0.5, 0.6) is 5.75 Å². The summed E-state index contributed by atoms with van der Waals surface area (Å²) in [5, 5.41) is 9.50. The predicted molar refractivity (Wildman–Crippen MR) is 53.7 cm³/mol. The maximum atomic E-state index is 9.50. The first kappa shape index (κ1) is 10.4. The SMILES string of the molecule is CONCc1ccc(SC)c(O)c1. The van der Waals surface area contributed by atoms with Crippen molar-refractivity contribution in [3.63, 3.8) is 0 Å². The van der Waals surface area contributed by atoms with Gasteiger partial charge in [0, 0.05) is 11.4 Å². The second-order valence-corrected chi connectivity index (χ2v) is 3.38. The normalized spacial score (nSPS) is 10.3. The van der Waals surface area contributed by atoms with Gasteiger partial charge >= 0.3 is 0 Å². The number of rotatable bonds is 4. The summed E-state index contributed by atoms with van der Waals surface area (Å²) in [6.45, 7) is 0.596. The van der Waals surface area contributed by atoms with E-state index in [1.54, 1.807) is 13.2 Å². The summed E-state index contributed by atoms with van der Waals surface area (Å²) in [4.78, 5) is 5.60. The monoisotopic (exact) mass is 199 g/mol. The Morgan fingerprint density at radius 1 is 1.54 bits per heavy atom. The van der Waals surface area contributed by atoms with E-state index in [4.69, 9.17) is 4.84 Å². The molecule has 1 rings (SSSR count). The van der Waals surface area contributed by atoms with Crippen molar-refractivity contribution in [1.29, 1.82) is 0 Å². The Morgan fingerprint density at radius 2 is 2.31 bits per heavy atom. The highest BCUT2D eigenvalue weighted by Crippen LogP contribution is 2.26.